The number of rotatable bonds is 25. The van der Waals surface area contributed by atoms with Crippen molar-refractivity contribution in [2.75, 3.05) is 26.6 Å². The van der Waals surface area contributed by atoms with Gasteiger partial charge in [-0.15, -0.1) is 0 Å². The minimum absolute atomic E-state index is 0.0198. The Morgan fingerprint density at radius 3 is 1.73 bits per heavy atom. The van der Waals surface area contributed by atoms with Crippen LogP contribution in [0.25, 0.3) is 0 Å². The zero-order valence-electron chi connectivity index (χ0n) is 20.5. The van der Waals surface area contributed by atoms with Crippen LogP contribution in [0, 0.1) is 0 Å². The van der Waals surface area contributed by atoms with Gasteiger partial charge in [0.05, 0.1) is 12.9 Å². The minimum atomic E-state index is 0.0198. The maximum Gasteiger partial charge on any atom is 0.188 e. The van der Waals surface area contributed by atoms with E-state index in [-0.39, 0.29) is 6.29 Å². The molecule has 4 heteroatoms. The Kier molecular flexibility index (Phi) is 25.9. The fourth-order valence-corrected chi connectivity index (χ4v) is 3.17. The lowest BCUT2D eigenvalue weighted by molar-refractivity contribution is -0.147. The first kappa shape index (κ1) is 29.4. The molecular weight excluding hydrogens is 376 g/mol. The van der Waals surface area contributed by atoms with Gasteiger partial charge in [-0.25, -0.2) is 0 Å². The van der Waals surface area contributed by atoms with Crippen molar-refractivity contribution < 1.29 is 18.9 Å². The second-order valence-electron chi connectivity index (χ2n) is 8.20. The third-order valence-electron chi connectivity index (χ3n) is 5.11. The van der Waals surface area contributed by atoms with Crippen LogP contribution in [0.4, 0.5) is 0 Å². The van der Waals surface area contributed by atoms with Gasteiger partial charge in [0.1, 0.15) is 0 Å². The lowest BCUT2D eigenvalue weighted by atomic mass is 10.1. The van der Waals surface area contributed by atoms with E-state index in [0.717, 1.165) is 51.9 Å². The second kappa shape index (κ2) is 26.5. The van der Waals surface area contributed by atoms with Crippen molar-refractivity contribution in [2.24, 2.45) is 0 Å². The second-order valence-corrected chi connectivity index (χ2v) is 8.20. The van der Waals surface area contributed by atoms with Gasteiger partial charge in [-0.1, -0.05) is 78.6 Å². The predicted octanol–water partition coefficient (Wildman–Crippen LogP) is 8.15. The van der Waals surface area contributed by atoms with Gasteiger partial charge in [-0.05, 0) is 51.0 Å². The maximum absolute atomic E-state index is 5.92. The molecule has 0 aliphatic carbocycles. The molecule has 0 atom stereocenters. The molecule has 0 radical (unpaired) electrons. The number of hydrogen-bond acceptors (Lipinski definition) is 4. The van der Waals surface area contributed by atoms with E-state index in [1.54, 1.807) is 6.26 Å². The fraction of sp³-hybridized carbons (Fsp3) is 0.923. The fourth-order valence-electron chi connectivity index (χ4n) is 3.17. The van der Waals surface area contributed by atoms with E-state index < -0.39 is 0 Å². The van der Waals surface area contributed by atoms with Crippen molar-refractivity contribution in [3.63, 3.8) is 0 Å². The van der Waals surface area contributed by atoms with Crippen molar-refractivity contribution in [2.45, 2.75) is 130 Å². The summed E-state index contributed by atoms with van der Waals surface area (Å²) < 4.78 is 22.4. The van der Waals surface area contributed by atoms with E-state index in [1.165, 1.54) is 70.6 Å². The molecule has 180 valence electrons. The van der Waals surface area contributed by atoms with Crippen molar-refractivity contribution in [1.82, 2.24) is 0 Å². The highest BCUT2D eigenvalue weighted by Gasteiger charge is 2.08. The van der Waals surface area contributed by atoms with Gasteiger partial charge in [0.25, 0.3) is 0 Å². The molecule has 0 spiro atoms. The van der Waals surface area contributed by atoms with Crippen LogP contribution in [0.5, 0.6) is 0 Å². The summed E-state index contributed by atoms with van der Waals surface area (Å²) in [5, 5.41) is 0. The van der Waals surface area contributed by atoms with Gasteiger partial charge in [0.15, 0.2) is 13.1 Å². The van der Waals surface area contributed by atoms with Gasteiger partial charge in [0, 0.05) is 13.2 Å². The molecule has 0 aliphatic heterocycles. The van der Waals surface area contributed by atoms with Crippen molar-refractivity contribution in [3.8, 4) is 0 Å². The third-order valence-corrected chi connectivity index (χ3v) is 5.11. The summed E-state index contributed by atoms with van der Waals surface area (Å²) in [5.74, 6) is 0. The van der Waals surface area contributed by atoms with Crippen molar-refractivity contribution >= 4 is 0 Å². The summed E-state index contributed by atoms with van der Waals surface area (Å²) in [4.78, 5) is 0. The zero-order chi connectivity index (χ0) is 22.0. The summed E-state index contributed by atoms with van der Waals surface area (Å²) in [6, 6.07) is 0. The number of ether oxygens (including phenoxy) is 4. The van der Waals surface area contributed by atoms with Gasteiger partial charge in [0.2, 0.25) is 0 Å². The highest BCUT2D eigenvalue weighted by atomic mass is 16.7. The standard InChI is InChI=1S/C26H52O4/c1-4-7-23-29-26(30-24-8-5-2)20-18-16-14-12-10-9-11-13-15-17-19-22-28-25-27-21-6-3/h19,22,26H,4-18,20-21,23-25H2,1-3H3. The van der Waals surface area contributed by atoms with Crippen LogP contribution in [-0.4, -0.2) is 32.9 Å². The number of hydrogen-bond donors (Lipinski definition) is 0. The lowest BCUT2D eigenvalue weighted by Gasteiger charge is -2.18. The van der Waals surface area contributed by atoms with E-state index >= 15 is 0 Å². The molecule has 30 heavy (non-hydrogen) atoms. The van der Waals surface area contributed by atoms with Crippen LogP contribution < -0.4 is 0 Å². The molecule has 0 aromatic heterocycles. The maximum atomic E-state index is 5.92. The van der Waals surface area contributed by atoms with Crippen LogP contribution in [0.3, 0.4) is 0 Å². The Bertz CT molecular complexity index is 323. The SMILES string of the molecule is CCCCOC(CCCCCCCCCCCC=COCOCCC)OCCCC. The molecule has 0 aromatic rings. The Morgan fingerprint density at radius 2 is 1.17 bits per heavy atom. The summed E-state index contributed by atoms with van der Waals surface area (Å²) >= 11 is 0. The molecule has 0 saturated heterocycles. The Hall–Kier alpha value is -0.580. The Balaban J connectivity index is 3.40. The molecule has 0 bridgehead atoms. The Labute approximate surface area is 188 Å². The van der Waals surface area contributed by atoms with E-state index in [2.05, 4.69) is 26.8 Å². The third kappa shape index (κ3) is 23.7. The molecule has 0 aliphatic rings. The van der Waals surface area contributed by atoms with Crippen LogP contribution in [0.2, 0.25) is 0 Å². The Morgan fingerprint density at radius 1 is 0.600 bits per heavy atom. The van der Waals surface area contributed by atoms with Gasteiger partial charge < -0.3 is 18.9 Å². The van der Waals surface area contributed by atoms with Gasteiger partial charge in [-0.3, -0.25) is 0 Å². The number of unbranched alkanes of at least 4 members (excludes halogenated alkanes) is 11. The van der Waals surface area contributed by atoms with E-state index in [0.29, 0.717) is 6.79 Å². The number of allylic oxidation sites excluding steroid dienone is 1. The van der Waals surface area contributed by atoms with Gasteiger partial charge in [-0.2, -0.15) is 0 Å². The molecule has 0 saturated carbocycles. The summed E-state index contributed by atoms with van der Waals surface area (Å²) in [6.07, 6.45) is 23.6. The van der Waals surface area contributed by atoms with Crippen LogP contribution in [0.15, 0.2) is 12.3 Å². The van der Waals surface area contributed by atoms with Crippen molar-refractivity contribution in [3.05, 3.63) is 12.3 Å². The first-order valence-electron chi connectivity index (χ1n) is 12.9. The van der Waals surface area contributed by atoms with Crippen LogP contribution in [-0.2, 0) is 18.9 Å². The largest absolute Gasteiger partial charge is 0.475 e. The first-order chi connectivity index (χ1) is 14.8. The van der Waals surface area contributed by atoms with Crippen LogP contribution >= 0.6 is 0 Å². The molecule has 0 rings (SSSR count). The van der Waals surface area contributed by atoms with E-state index in [1.807, 2.05) is 0 Å². The van der Waals surface area contributed by atoms with E-state index in [4.69, 9.17) is 18.9 Å². The molecule has 0 unspecified atom stereocenters. The predicted molar refractivity (Wildman–Crippen MR) is 128 cm³/mol. The topological polar surface area (TPSA) is 36.9 Å². The molecular formula is C26H52O4. The normalized spacial score (nSPS) is 11.7. The smallest absolute Gasteiger partial charge is 0.188 e. The first-order valence-corrected chi connectivity index (χ1v) is 12.9. The van der Waals surface area contributed by atoms with Crippen molar-refractivity contribution in [1.29, 1.82) is 0 Å². The molecule has 0 fully saturated rings. The zero-order valence-corrected chi connectivity index (χ0v) is 20.5. The summed E-state index contributed by atoms with van der Waals surface area (Å²) in [7, 11) is 0. The quantitative estimate of drug-likeness (QED) is 0.0835. The minimum Gasteiger partial charge on any atom is -0.475 e. The summed E-state index contributed by atoms with van der Waals surface area (Å²) in [6.45, 7) is 9.33. The average Bonchev–Trinajstić information content (AvgIpc) is 2.75. The average molecular weight is 429 g/mol. The van der Waals surface area contributed by atoms with Crippen LogP contribution in [0.1, 0.15) is 124 Å². The summed E-state index contributed by atoms with van der Waals surface area (Å²) in [5.41, 5.74) is 0. The highest BCUT2D eigenvalue weighted by molar-refractivity contribution is 4.72. The molecule has 4 nitrogen and oxygen atoms in total. The highest BCUT2D eigenvalue weighted by Crippen LogP contribution is 2.14. The van der Waals surface area contributed by atoms with E-state index in [9.17, 15) is 0 Å². The molecule has 0 aromatic carbocycles. The lowest BCUT2D eigenvalue weighted by Crippen LogP contribution is -2.18. The molecule has 0 N–H and O–H groups in total. The molecule has 0 heterocycles. The molecule has 0 amide bonds. The van der Waals surface area contributed by atoms with Gasteiger partial charge >= 0.3 is 0 Å². The monoisotopic (exact) mass is 428 g/mol.